The predicted molar refractivity (Wildman–Crippen MR) is 196 cm³/mol. The monoisotopic (exact) mass is 656 g/mol. The molecule has 9 heteroatoms. The Hall–Kier alpha value is -3.98. The van der Waals surface area contributed by atoms with Gasteiger partial charge in [0.25, 0.3) is 0 Å². The van der Waals surface area contributed by atoms with Crippen LogP contribution in [0.4, 0.5) is 9.59 Å². The van der Waals surface area contributed by atoms with Crippen LogP contribution in [0.2, 0.25) is 0 Å². The Morgan fingerprint density at radius 1 is 0.511 bits per heavy atom. The van der Waals surface area contributed by atoms with E-state index in [9.17, 15) is 9.59 Å². The first-order valence-corrected chi connectivity index (χ1v) is 18.3. The lowest BCUT2D eigenvalue weighted by Gasteiger charge is -2.10. The van der Waals surface area contributed by atoms with E-state index in [0.717, 1.165) is 70.1 Å². The third-order valence-corrected chi connectivity index (χ3v) is 9.01. The Morgan fingerprint density at radius 3 is 1.30 bits per heavy atom. The number of aromatic nitrogens is 2. The Bertz CT molecular complexity index is 1390. The molecule has 8 nitrogen and oxygen atoms in total. The number of carbonyl (C=O) groups excluding carboxylic acids is 2. The Morgan fingerprint density at radius 2 is 0.894 bits per heavy atom. The van der Waals surface area contributed by atoms with Crippen LogP contribution in [0.1, 0.15) is 102 Å². The van der Waals surface area contributed by atoms with Crippen LogP contribution in [-0.4, -0.2) is 33.9 Å². The fourth-order valence-corrected chi connectivity index (χ4v) is 6.21. The molecule has 4 aromatic rings. The number of nitrogens with zero attached hydrogens (tertiary/aromatic N) is 2. The van der Waals surface area contributed by atoms with Gasteiger partial charge in [-0.1, -0.05) is 139 Å². The van der Waals surface area contributed by atoms with E-state index in [1.807, 2.05) is 24.3 Å². The summed E-state index contributed by atoms with van der Waals surface area (Å²) < 4.78 is 9.29. The van der Waals surface area contributed by atoms with E-state index in [1.54, 1.807) is 0 Å². The maximum atomic E-state index is 12.2. The largest absolute Gasteiger partial charge is 0.338 e. The Labute approximate surface area is 284 Å². The van der Waals surface area contributed by atoms with Crippen molar-refractivity contribution in [3.05, 3.63) is 71.8 Å². The highest BCUT2D eigenvalue weighted by atomic mass is 32.1. The second-order valence-electron chi connectivity index (χ2n) is 12.3. The summed E-state index contributed by atoms with van der Waals surface area (Å²) in [6, 6.07) is 20.4. The number of unbranched alkanes of at least 4 members (excludes halogenated alkanes) is 10. The standard InChI is InChI=1S/C38H52N6O2S/c1-3-5-7-9-11-13-25-39-37(45)41-27-29-15-19-31(20-16-29)33-23-24-34(36-35(33)43-47-44-36)32-21-17-30(18-22-32)28-42-38(46)40-26-14-12-10-8-6-4-2/h15-24H,3-14,25-28H2,1-2H3,(H2,39,41,45)(H2,40,42,46). The third kappa shape index (κ3) is 12.0. The normalized spacial score (nSPS) is 11.0. The van der Waals surface area contributed by atoms with E-state index in [2.05, 4.69) is 80.3 Å². The van der Waals surface area contributed by atoms with Crippen molar-refractivity contribution < 1.29 is 9.59 Å². The number of urea groups is 2. The van der Waals surface area contributed by atoms with Crippen LogP contribution in [0.25, 0.3) is 33.3 Å². The predicted octanol–water partition coefficient (Wildman–Crippen LogP) is 9.34. The van der Waals surface area contributed by atoms with Gasteiger partial charge in [-0.3, -0.25) is 0 Å². The Balaban J connectivity index is 1.25. The molecule has 0 aliphatic carbocycles. The van der Waals surface area contributed by atoms with Gasteiger partial charge in [-0.2, -0.15) is 8.75 Å². The van der Waals surface area contributed by atoms with Gasteiger partial charge in [0, 0.05) is 37.3 Å². The topological polar surface area (TPSA) is 108 Å². The summed E-state index contributed by atoms with van der Waals surface area (Å²) in [5.41, 5.74) is 8.00. The molecule has 4 rings (SSSR count). The maximum Gasteiger partial charge on any atom is 0.315 e. The highest BCUT2D eigenvalue weighted by Crippen LogP contribution is 2.34. The zero-order valence-electron chi connectivity index (χ0n) is 28.2. The molecular formula is C38H52N6O2S. The highest BCUT2D eigenvalue weighted by molar-refractivity contribution is 7.00. The summed E-state index contributed by atoms with van der Waals surface area (Å²) in [6.07, 6.45) is 14.5. The molecule has 0 bridgehead atoms. The van der Waals surface area contributed by atoms with Gasteiger partial charge in [0.05, 0.1) is 11.7 Å². The lowest BCUT2D eigenvalue weighted by atomic mass is 9.97. The lowest BCUT2D eigenvalue weighted by molar-refractivity contribution is 0.239. The van der Waals surface area contributed by atoms with Gasteiger partial charge in [0.15, 0.2) is 0 Å². The summed E-state index contributed by atoms with van der Waals surface area (Å²) >= 11 is 1.22. The molecule has 0 saturated heterocycles. The van der Waals surface area contributed by atoms with Crippen LogP contribution in [0.15, 0.2) is 60.7 Å². The minimum absolute atomic E-state index is 0.123. The smallest absolute Gasteiger partial charge is 0.315 e. The van der Waals surface area contributed by atoms with Gasteiger partial charge in [-0.15, -0.1) is 0 Å². The van der Waals surface area contributed by atoms with Gasteiger partial charge in [-0.05, 0) is 35.1 Å². The first-order valence-electron chi connectivity index (χ1n) is 17.6. The third-order valence-electron chi connectivity index (χ3n) is 8.48. The first-order chi connectivity index (χ1) is 23.1. The van der Waals surface area contributed by atoms with Crippen LogP contribution in [0.5, 0.6) is 0 Å². The molecule has 0 atom stereocenters. The fourth-order valence-electron chi connectivity index (χ4n) is 5.64. The van der Waals surface area contributed by atoms with Crippen molar-refractivity contribution in [2.45, 2.75) is 104 Å². The van der Waals surface area contributed by atoms with E-state index in [-0.39, 0.29) is 12.1 Å². The molecule has 0 fully saturated rings. The summed E-state index contributed by atoms with van der Waals surface area (Å²) in [5.74, 6) is 0. The van der Waals surface area contributed by atoms with Crippen molar-refractivity contribution in [2.24, 2.45) is 0 Å². The zero-order chi connectivity index (χ0) is 33.1. The molecule has 0 aliphatic rings. The number of hydrogen-bond donors (Lipinski definition) is 4. The van der Waals surface area contributed by atoms with E-state index in [1.165, 1.54) is 63.1 Å². The molecule has 0 unspecified atom stereocenters. The van der Waals surface area contributed by atoms with Crippen LogP contribution in [0, 0.1) is 0 Å². The molecule has 1 aromatic heterocycles. The van der Waals surface area contributed by atoms with E-state index < -0.39 is 0 Å². The van der Waals surface area contributed by atoms with Gasteiger partial charge < -0.3 is 21.3 Å². The van der Waals surface area contributed by atoms with Crippen molar-refractivity contribution in [3.63, 3.8) is 0 Å². The minimum atomic E-state index is -0.123. The summed E-state index contributed by atoms with van der Waals surface area (Å²) in [5, 5.41) is 11.8. The van der Waals surface area contributed by atoms with Gasteiger partial charge in [0.1, 0.15) is 11.0 Å². The van der Waals surface area contributed by atoms with Crippen molar-refractivity contribution in [1.29, 1.82) is 0 Å². The molecule has 47 heavy (non-hydrogen) atoms. The zero-order valence-corrected chi connectivity index (χ0v) is 29.0. The molecule has 4 N–H and O–H groups in total. The van der Waals surface area contributed by atoms with Crippen LogP contribution >= 0.6 is 11.7 Å². The van der Waals surface area contributed by atoms with Gasteiger partial charge in [0.2, 0.25) is 0 Å². The Kier molecular flexibility index (Phi) is 15.5. The quantitative estimate of drug-likeness (QED) is 0.0711. The molecule has 252 valence electrons. The summed E-state index contributed by atoms with van der Waals surface area (Å²) in [7, 11) is 0. The second-order valence-corrected chi connectivity index (χ2v) is 12.8. The lowest BCUT2D eigenvalue weighted by Crippen LogP contribution is -2.35. The number of carbonyl (C=O) groups is 2. The van der Waals surface area contributed by atoms with Gasteiger partial charge in [-0.25, -0.2) is 9.59 Å². The fraction of sp³-hybridized carbons (Fsp3) is 0.474. The number of amides is 4. The molecule has 4 amide bonds. The first kappa shape index (κ1) is 35.9. The molecular weight excluding hydrogens is 605 g/mol. The number of hydrogen-bond acceptors (Lipinski definition) is 5. The highest BCUT2D eigenvalue weighted by Gasteiger charge is 2.14. The van der Waals surface area contributed by atoms with Crippen molar-refractivity contribution >= 4 is 34.8 Å². The van der Waals surface area contributed by atoms with Crippen molar-refractivity contribution in [2.75, 3.05) is 13.1 Å². The molecule has 1 heterocycles. The van der Waals surface area contributed by atoms with E-state index >= 15 is 0 Å². The van der Waals surface area contributed by atoms with Crippen molar-refractivity contribution in [1.82, 2.24) is 30.0 Å². The second kappa shape index (κ2) is 20.3. The molecule has 0 aliphatic heterocycles. The molecule has 0 saturated carbocycles. The molecule has 3 aromatic carbocycles. The minimum Gasteiger partial charge on any atom is -0.338 e. The van der Waals surface area contributed by atoms with Crippen LogP contribution < -0.4 is 21.3 Å². The van der Waals surface area contributed by atoms with E-state index in [0.29, 0.717) is 26.2 Å². The van der Waals surface area contributed by atoms with Gasteiger partial charge >= 0.3 is 12.1 Å². The maximum absolute atomic E-state index is 12.2. The number of benzene rings is 3. The van der Waals surface area contributed by atoms with E-state index in [4.69, 9.17) is 0 Å². The summed E-state index contributed by atoms with van der Waals surface area (Å²) in [6.45, 7) is 6.82. The van der Waals surface area contributed by atoms with Crippen molar-refractivity contribution in [3.8, 4) is 22.3 Å². The van der Waals surface area contributed by atoms with Crippen LogP contribution in [-0.2, 0) is 13.1 Å². The summed E-state index contributed by atoms with van der Waals surface area (Å²) in [4.78, 5) is 24.4. The number of fused-ring (bicyclic) bond motifs is 1. The number of nitrogens with one attached hydrogen (secondary N) is 4. The molecule has 0 radical (unpaired) electrons. The average molecular weight is 657 g/mol. The van der Waals surface area contributed by atoms with Crippen LogP contribution in [0.3, 0.4) is 0 Å². The number of rotatable bonds is 20. The molecule has 0 spiro atoms. The SMILES string of the molecule is CCCCCCCCNC(=O)NCc1ccc(-c2ccc(-c3ccc(CNC(=O)NCCCCCCCC)cc3)c3nsnc23)cc1. The average Bonchev–Trinajstić information content (AvgIpc) is 3.60.